The number of halogens is 10. The first-order valence-corrected chi connectivity index (χ1v) is 5.52. The number of ether oxygens (including phenoxy) is 4. The highest BCUT2D eigenvalue weighted by atomic mass is 19.3. The molecule has 2 saturated heterocycles. The first-order chi connectivity index (χ1) is 10.5. The van der Waals surface area contributed by atoms with E-state index < -0.39 is 48.0 Å². The molecule has 2 atom stereocenters. The van der Waals surface area contributed by atoms with Crippen molar-refractivity contribution in [1.29, 1.82) is 0 Å². The molecule has 4 nitrogen and oxygen atoms in total. The normalized spacial score (nSPS) is 32.7. The largest absolute Gasteiger partial charge is 0.473 e. The van der Waals surface area contributed by atoms with Crippen LogP contribution in [0.15, 0.2) is 24.1 Å². The minimum atomic E-state index is -4.38. The summed E-state index contributed by atoms with van der Waals surface area (Å²) in [4.78, 5) is 0. The molecule has 0 aromatic rings. The van der Waals surface area contributed by atoms with Crippen LogP contribution in [-0.2, 0) is 18.9 Å². The molecule has 0 amide bonds. The minimum absolute atomic E-state index is 0.295. The van der Waals surface area contributed by atoms with Crippen molar-refractivity contribution in [2.75, 3.05) is 0 Å². The third-order valence-electron chi connectivity index (χ3n) is 2.36. The van der Waals surface area contributed by atoms with Gasteiger partial charge in [-0.05, 0) is 0 Å². The summed E-state index contributed by atoms with van der Waals surface area (Å²) < 4.78 is 134. The summed E-state index contributed by atoms with van der Waals surface area (Å²) in [5, 5.41) is 0. The summed E-state index contributed by atoms with van der Waals surface area (Å²) >= 11 is 0. The van der Waals surface area contributed by atoms with Crippen LogP contribution >= 0.6 is 0 Å². The summed E-state index contributed by atoms with van der Waals surface area (Å²) in [7, 11) is 0. The summed E-state index contributed by atoms with van der Waals surface area (Å²) in [6, 6.07) is 0. The van der Waals surface area contributed by atoms with Gasteiger partial charge in [-0.25, -0.2) is 0 Å². The van der Waals surface area contributed by atoms with E-state index in [0.29, 0.717) is 13.8 Å². The molecule has 0 saturated carbocycles. The Labute approximate surface area is 126 Å². The molecule has 140 valence electrons. The second kappa shape index (κ2) is 5.81. The fraction of sp³-hybridized carbons (Fsp3) is 0.600. The van der Waals surface area contributed by atoms with Gasteiger partial charge in [0, 0.05) is 13.8 Å². The molecular weight excluding hydrogens is 374 g/mol. The summed E-state index contributed by atoms with van der Waals surface area (Å²) in [6.45, 7) is 0.589. The van der Waals surface area contributed by atoms with Crippen molar-refractivity contribution < 1.29 is 62.9 Å². The lowest BCUT2D eigenvalue weighted by atomic mass is 10.3. The van der Waals surface area contributed by atoms with Gasteiger partial charge in [-0.15, -0.1) is 0 Å². The van der Waals surface area contributed by atoms with E-state index in [0.717, 1.165) is 0 Å². The second-order valence-corrected chi connectivity index (χ2v) is 4.37. The Hall–Kier alpha value is -2.02. The quantitative estimate of drug-likeness (QED) is 0.569. The van der Waals surface area contributed by atoms with E-state index >= 15 is 0 Å². The van der Waals surface area contributed by atoms with Crippen LogP contribution in [-0.4, -0.2) is 23.9 Å². The van der Waals surface area contributed by atoms with E-state index in [1.165, 1.54) is 0 Å². The van der Waals surface area contributed by atoms with Crippen LogP contribution in [0.3, 0.4) is 0 Å². The topological polar surface area (TPSA) is 36.9 Å². The molecule has 0 spiro atoms. The van der Waals surface area contributed by atoms with Gasteiger partial charge in [0.1, 0.15) is 0 Å². The predicted octanol–water partition coefficient (Wildman–Crippen LogP) is 4.75. The van der Waals surface area contributed by atoms with Gasteiger partial charge in [0.2, 0.25) is 0 Å². The number of rotatable bonds is 0. The van der Waals surface area contributed by atoms with Gasteiger partial charge >= 0.3 is 48.0 Å². The van der Waals surface area contributed by atoms with Crippen molar-refractivity contribution in [2.24, 2.45) is 0 Å². The molecule has 2 fully saturated rings. The lowest BCUT2D eigenvalue weighted by Crippen LogP contribution is -2.37. The van der Waals surface area contributed by atoms with Crippen LogP contribution in [0.25, 0.3) is 0 Å². The summed E-state index contributed by atoms with van der Waals surface area (Å²) in [6.07, 6.45) is -14.0. The zero-order valence-electron chi connectivity index (χ0n) is 11.4. The SMILES string of the molecule is CC1(F)OC(=C(F)F)OC1(F)F.CC1(F)OC(=C(F)F)OC1(F)F. The third-order valence-corrected chi connectivity index (χ3v) is 2.36. The molecule has 0 N–H and O–H groups in total. The van der Waals surface area contributed by atoms with E-state index in [4.69, 9.17) is 0 Å². The van der Waals surface area contributed by atoms with Crippen LogP contribution in [0.2, 0.25) is 0 Å². The second-order valence-electron chi connectivity index (χ2n) is 4.37. The highest BCUT2D eigenvalue weighted by molar-refractivity contribution is 4.96. The zero-order valence-corrected chi connectivity index (χ0v) is 11.4. The standard InChI is InChI=1S/2C5H3F5O2/c2*1-4(8)5(9,10)12-3(11-4)2(6)7/h2*1H3. The van der Waals surface area contributed by atoms with Crippen LogP contribution in [0, 0.1) is 0 Å². The van der Waals surface area contributed by atoms with Crippen LogP contribution in [0.5, 0.6) is 0 Å². The highest BCUT2D eigenvalue weighted by Crippen LogP contribution is 2.46. The van der Waals surface area contributed by atoms with E-state index in [-0.39, 0.29) is 0 Å². The maximum absolute atomic E-state index is 12.5. The molecule has 0 bridgehead atoms. The maximum Gasteiger partial charge on any atom is 0.473 e. The lowest BCUT2D eigenvalue weighted by Gasteiger charge is -2.15. The van der Waals surface area contributed by atoms with Crippen LogP contribution in [0.4, 0.5) is 43.9 Å². The van der Waals surface area contributed by atoms with Gasteiger partial charge in [-0.3, -0.25) is 0 Å². The van der Waals surface area contributed by atoms with Crippen molar-refractivity contribution in [3.63, 3.8) is 0 Å². The fourth-order valence-corrected chi connectivity index (χ4v) is 1.08. The van der Waals surface area contributed by atoms with Crippen molar-refractivity contribution in [3.05, 3.63) is 24.1 Å². The van der Waals surface area contributed by atoms with Gasteiger partial charge in [0.25, 0.3) is 0 Å². The van der Waals surface area contributed by atoms with Gasteiger partial charge in [0.15, 0.2) is 0 Å². The average molecular weight is 380 g/mol. The average Bonchev–Trinajstić information content (AvgIpc) is 2.70. The Kier molecular flexibility index (Phi) is 4.84. The van der Waals surface area contributed by atoms with Gasteiger partial charge < -0.3 is 18.9 Å². The Bertz CT molecular complexity index is 474. The smallest absolute Gasteiger partial charge is 0.414 e. The minimum Gasteiger partial charge on any atom is -0.414 e. The van der Waals surface area contributed by atoms with Crippen LogP contribution < -0.4 is 0 Å². The number of alkyl halides is 6. The van der Waals surface area contributed by atoms with E-state index in [9.17, 15) is 43.9 Å². The Morgan fingerprint density at radius 1 is 0.583 bits per heavy atom. The highest BCUT2D eigenvalue weighted by Gasteiger charge is 2.65. The van der Waals surface area contributed by atoms with Gasteiger partial charge in [0.05, 0.1) is 0 Å². The maximum atomic E-state index is 12.5. The molecule has 0 aromatic heterocycles. The predicted molar refractivity (Wildman–Crippen MR) is 51.7 cm³/mol. The Balaban J connectivity index is 0.000000240. The van der Waals surface area contributed by atoms with Crippen LogP contribution in [0.1, 0.15) is 13.8 Å². The van der Waals surface area contributed by atoms with E-state index in [1.807, 2.05) is 0 Å². The Morgan fingerprint density at radius 3 is 0.917 bits per heavy atom. The van der Waals surface area contributed by atoms with Crippen molar-refractivity contribution in [2.45, 2.75) is 37.8 Å². The van der Waals surface area contributed by atoms with Crippen molar-refractivity contribution >= 4 is 0 Å². The molecule has 0 aliphatic carbocycles. The first kappa shape index (κ1) is 20.0. The molecule has 2 rings (SSSR count). The zero-order chi connectivity index (χ0) is 19.1. The first-order valence-electron chi connectivity index (χ1n) is 5.52. The van der Waals surface area contributed by atoms with E-state index in [2.05, 4.69) is 18.9 Å². The molecule has 2 aliphatic rings. The summed E-state index contributed by atoms with van der Waals surface area (Å²) in [5.74, 6) is -10.6. The summed E-state index contributed by atoms with van der Waals surface area (Å²) in [5.41, 5.74) is 0. The monoisotopic (exact) mass is 380 g/mol. The molecule has 14 heteroatoms. The molecule has 24 heavy (non-hydrogen) atoms. The molecule has 2 heterocycles. The molecule has 0 radical (unpaired) electrons. The van der Waals surface area contributed by atoms with Gasteiger partial charge in [-0.1, -0.05) is 0 Å². The molecule has 2 unspecified atom stereocenters. The third kappa shape index (κ3) is 3.72. The molecular formula is C10H6F10O4. The Morgan fingerprint density at radius 2 is 0.833 bits per heavy atom. The molecule has 0 aromatic carbocycles. The van der Waals surface area contributed by atoms with Gasteiger partial charge in [-0.2, -0.15) is 43.9 Å². The van der Waals surface area contributed by atoms with Crippen molar-refractivity contribution in [1.82, 2.24) is 0 Å². The molecule has 2 aliphatic heterocycles. The van der Waals surface area contributed by atoms with E-state index in [1.54, 1.807) is 0 Å². The lowest BCUT2D eigenvalue weighted by molar-refractivity contribution is -0.280. The fourth-order valence-electron chi connectivity index (χ4n) is 1.08. The van der Waals surface area contributed by atoms with Crippen molar-refractivity contribution in [3.8, 4) is 0 Å². The number of hydrogen-bond donors (Lipinski definition) is 0. The number of hydrogen-bond acceptors (Lipinski definition) is 4.